The minimum absolute atomic E-state index is 0.0742. The second kappa shape index (κ2) is 7.31. The Bertz CT molecular complexity index is 464. The Hall–Kier alpha value is -1.53. The zero-order chi connectivity index (χ0) is 15.3. The molecule has 0 saturated heterocycles. The van der Waals surface area contributed by atoms with Gasteiger partial charge in [-0.25, -0.2) is 8.78 Å². The third-order valence-corrected chi connectivity index (χ3v) is 3.44. The van der Waals surface area contributed by atoms with E-state index >= 15 is 0 Å². The summed E-state index contributed by atoms with van der Waals surface area (Å²) in [5.41, 5.74) is 5.54. The number of hydrogen-bond donors (Lipinski definition) is 2. The summed E-state index contributed by atoms with van der Waals surface area (Å²) >= 11 is 0. The standard InChI is InChI=1S/C14H20F2N2O2/c1-9(12-6-11(15)3-4-13(12)16)18(2)14(20)5-10(7-17)8-19/h3-4,6,9-10,19H,5,7-8,17H2,1-2H3/t9-,10-/m1/s1. The molecule has 1 rings (SSSR count). The van der Waals surface area contributed by atoms with Gasteiger partial charge in [0.05, 0.1) is 6.04 Å². The van der Waals surface area contributed by atoms with Crippen molar-refractivity contribution in [2.75, 3.05) is 20.2 Å². The zero-order valence-corrected chi connectivity index (χ0v) is 11.6. The highest BCUT2D eigenvalue weighted by Gasteiger charge is 2.22. The van der Waals surface area contributed by atoms with Crippen LogP contribution >= 0.6 is 0 Å². The lowest BCUT2D eigenvalue weighted by atomic mass is 10.0. The summed E-state index contributed by atoms with van der Waals surface area (Å²) in [7, 11) is 1.52. The minimum atomic E-state index is -0.602. The number of aliphatic hydroxyl groups excluding tert-OH is 1. The zero-order valence-electron chi connectivity index (χ0n) is 11.6. The molecule has 6 heteroatoms. The first-order valence-corrected chi connectivity index (χ1v) is 6.42. The van der Waals surface area contributed by atoms with Crippen molar-refractivity contribution < 1.29 is 18.7 Å². The van der Waals surface area contributed by atoms with Crippen LogP contribution in [0.25, 0.3) is 0 Å². The van der Waals surface area contributed by atoms with Crippen LogP contribution in [0, 0.1) is 17.6 Å². The maximum atomic E-state index is 13.7. The largest absolute Gasteiger partial charge is 0.396 e. The molecule has 2 atom stereocenters. The van der Waals surface area contributed by atoms with Crippen LogP contribution in [0.1, 0.15) is 24.9 Å². The number of carbonyl (C=O) groups excluding carboxylic acids is 1. The molecule has 0 aliphatic heterocycles. The maximum absolute atomic E-state index is 13.7. The average molecular weight is 286 g/mol. The summed E-state index contributed by atoms with van der Waals surface area (Å²) in [6.45, 7) is 1.63. The first kappa shape index (κ1) is 16.5. The number of nitrogens with two attached hydrogens (primary N) is 1. The number of amides is 1. The smallest absolute Gasteiger partial charge is 0.223 e. The highest BCUT2D eigenvalue weighted by atomic mass is 19.1. The Balaban J connectivity index is 2.82. The summed E-state index contributed by atoms with van der Waals surface area (Å²) < 4.78 is 26.8. The van der Waals surface area contributed by atoms with Gasteiger partial charge in [-0.1, -0.05) is 0 Å². The molecule has 1 amide bonds. The van der Waals surface area contributed by atoms with Crippen LogP contribution < -0.4 is 5.73 Å². The number of rotatable bonds is 6. The van der Waals surface area contributed by atoms with E-state index in [9.17, 15) is 13.6 Å². The second-order valence-electron chi connectivity index (χ2n) is 4.83. The monoisotopic (exact) mass is 286 g/mol. The SMILES string of the molecule is C[C@H](c1cc(F)ccc1F)N(C)C(=O)C[C@H](CN)CO. The molecule has 0 unspecified atom stereocenters. The van der Waals surface area contributed by atoms with Crippen LogP contribution in [0.2, 0.25) is 0 Å². The average Bonchev–Trinajstić information content (AvgIpc) is 2.45. The van der Waals surface area contributed by atoms with E-state index in [-0.39, 0.29) is 37.0 Å². The minimum Gasteiger partial charge on any atom is -0.396 e. The molecular formula is C14H20F2N2O2. The lowest BCUT2D eigenvalue weighted by Gasteiger charge is -2.27. The summed E-state index contributed by atoms with van der Waals surface area (Å²) in [6, 6.07) is 2.55. The molecule has 0 spiro atoms. The molecule has 0 fully saturated rings. The topological polar surface area (TPSA) is 66.6 Å². The van der Waals surface area contributed by atoms with Gasteiger partial charge in [0, 0.05) is 31.6 Å². The molecule has 1 aromatic rings. The predicted octanol–water partition coefficient (Wildman–Crippen LogP) is 1.44. The van der Waals surface area contributed by atoms with E-state index in [1.54, 1.807) is 6.92 Å². The number of benzene rings is 1. The maximum Gasteiger partial charge on any atom is 0.223 e. The fourth-order valence-electron chi connectivity index (χ4n) is 1.87. The Kier molecular flexibility index (Phi) is 6.04. The van der Waals surface area contributed by atoms with E-state index in [1.807, 2.05) is 0 Å². The van der Waals surface area contributed by atoms with Crippen molar-refractivity contribution in [2.24, 2.45) is 11.7 Å². The molecule has 0 saturated carbocycles. The van der Waals surface area contributed by atoms with E-state index in [2.05, 4.69) is 0 Å². The number of nitrogens with zero attached hydrogens (tertiary/aromatic N) is 1. The Morgan fingerprint density at radius 2 is 2.10 bits per heavy atom. The third kappa shape index (κ3) is 3.98. The van der Waals surface area contributed by atoms with E-state index in [4.69, 9.17) is 10.8 Å². The molecule has 0 radical (unpaired) electrons. The van der Waals surface area contributed by atoms with Crippen LogP contribution in [0.5, 0.6) is 0 Å². The Labute approximate surface area is 117 Å². The molecule has 3 N–H and O–H groups in total. The van der Waals surface area contributed by atoms with Crippen molar-refractivity contribution in [1.29, 1.82) is 0 Å². The van der Waals surface area contributed by atoms with Gasteiger partial charge in [-0.05, 0) is 31.7 Å². The van der Waals surface area contributed by atoms with E-state index in [0.717, 1.165) is 18.2 Å². The molecule has 4 nitrogen and oxygen atoms in total. The number of carbonyl (C=O) groups is 1. The van der Waals surface area contributed by atoms with Gasteiger partial charge in [-0.3, -0.25) is 4.79 Å². The van der Waals surface area contributed by atoms with Gasteiger partial charge < -0.3 is 15.7 Å². The first-order valence-electron chi connectivity index (χ1n) is 6.42. The highest BCUT2D eigenvalue weighted by molar-refractivity contribution is 5.76. The fourth-order valence-corrected chi connectivity index (χ4v) is 1.87. The number of halogens is 2. The van der Waals surface area contributed by atoms with Gasteiger partial charge >= 0.3 is 0 Å². The van der Waals surface area contributed by atoms with Crippen LogP contribution in [0.4, 0.5) is 8.78 Å². The molecule has 0 heterocycles. The summed E-state index contributed by atoms with van der Waals surface area (Å²) in [5.74, 6) is -1.71. The van der Waals surface area contributed by atoms with Gasteiger partial charge in [0.25, 0.3) is 0 Å². The summed E-state index contributed by atoms with van der Waals surface area (Å²) in [6.07, 6.45) is 0.0742. The van der Waals surface area contributed by atoms with Crippen LogP contribution in [-0.4, -0.2) is 36.1 Å². The summed E-state index contributed by atoms with van der Waals surface area (Å²) in [5, 5.41) is 9.03. The van der Waals surface area contributed by atoms with Crippen molar-refractivity contribution in [3.05, 3.63) is 35.4 Å². The fraction of sp³-hybridized carbons (Fsp3) is 0.500. The van der Waals surface area contributed by atoms with Crippen molar-refractivity contribution >= 4 is 5.91 Å². The summed E-state index contributed by atoms with van der Waals surface area (Å²) in [4.78, 5) is 13.4. The van der Waals surface area contributed by atoms with Gasteiger partial charge in [-0.2, -0.15) is 0 Å². The van der Waals surface area contributed by atoms with Gasteiger partial charge in [0.1, 0.15) is 11.6 Å². The van der Waals surface area contributed by atoms with Crippen molar-refractivity contribution in [3.63, 3.8) is 0 Å². The second-order valence-corrected chi connectivity index (χ2v) is 4.83. The predicted molar refractivity (Wildman–Crippen MR) is 71.8 cm³/mol. The van der Waals surface area contributed by atoms with Crippen molar-refractivity contribution in [1.82, 2.24) is 4.90 Å². The first-order chi connectivity index (χ1) is 9.40. The third-order valence-electron chi connectivity index (χ3n) is 3.44. The van der Waals surface area contributed by atoms with E-state index in [0.29, 0.717) is 0 Å². The van der Waals surface area contributed by atoms with Crippen molar-refractivity contribution in [2.45, 2.75) is 19.4 Å². The number of hydrogen-bond acceptors (Lipinski definition) is 3. The van der Waals surface area contributed by atoms with E-state index in [1.165, 1.54) is 11.9 Å². The molecule has 0 bridgehead atoms. The van der Waals surface area contributed by atoms with E-state index < -0.39 is 17.7 Å². The Morgan fingerprint density at radius 1 is 1.45 bits per heavy atom. The Morgan fingerprint density at radius 3 is 2.65 bits per heavy atom. The molecular weight excluding hydrogens is 266 g/mol. The molecule has 0 aliphatic carbocycles. The van der Waals surface area contributed by atoms with Crippen LogP contribution in [0.15, 0.2) is 18.2 Å². The van der Waals surface area contributed by atoms with Crippen LogP contribution in [-0.2, 0) is 4.79 Å². The number of aliphatic hydroxyl groups is 1. The molecule has 0 aliphatic rings. The van der Waals surface area contributed by atoms with Gasteiger partial charge in [0.2, 0.25) is 5.91 Å². The lowest BCUT2D eigenvalue weighted by Crippen LogP contribution is -2.33. The van der Waals surface area contributed by atoms with Gasteiger partial charge in [0.15, 0.2) is 0 Å². The highest BCUT2D eigenvalue weighted by Crippen LogP contribution is 2.23. The lowest BCUT2D eigenvalue weighted by molar-refractivity contribution is -0.133. The molecule has 20 heavy (non-hydrogen) atoms. The molecule has 112 valence electrons. The quantitative estimate of drug-likeness (QED) is 0.831. The van der Waals surface area contributed by atoms with Crippen molar-refractivity contribution in [3.8, 4) is 0 Å². The molecule has 1 aromatic carbocycles. The van der Waals surface area contributed by atoms with Gasteiger partial charge in [-0.15, -0.1) is 0 Å². The molecule has 0 aromatic heterocycles. The van der Waals surface area contributed by atoms with Crippen LogP contribution in [0.3, 0.4) is 0 Å². The normalized spacial score (nSPS) is 13.9.